The van der Waals surface area contributed by atoms with E-state index in [0.717, 1.165) is 0 Å². The molecule has 0 unspecified atom stereocenters. The third-order valence-corrected chi connectivity index (χ3v) is 7.75. The molecular weight excluding hydrogens is 407 g/mol. The fourth-order valence-corrected chi connectivity index (χ4v) is 5.80. The highest BCUT2D eigenvalue weighted by atomic mass is 32.2. The maximum atomic E-state index is 13.0. The van der Waals surface area contributed by atoms with Crippen LogP contribution in [0.1, 0.15) is 18.4 Å². The average Bonchev–Trinajstić information content (AvgIpc) is 2.67. The summed E-state index contributed by atoms with van der Waals surface area (Å²) in [6.07, 6.45) is 1.29. The molecule has 0 spiro atoms. The first-order chi connectivity index (χ1) is 13.2. The van der Waals surface area contributed by atoms with Gasteiger partial charge in [0.25, 0.3) is 0 Å². The number of nitrogens with one attached hydrogen (secondary N) is 1. The molecule has 0 radical (unpaired) electrons. The summed E-state index contributed by atoms with van der Waals surface area (Å²) in [4.78, 5) is -0.157. The Labute approximate surface area is 164 Å². The number of hydrogen-bond acceptors (Lipinski definition) is 5. The van der Waals surface area contributed by atoms with Crippen LogP contribution in [0.2, 0.25) is 0 Å². The number of hydrogen-bond donors (Lipinski definition) is 1. The van der Waals surface area contributed by atoms with Crippen LogP contribution in [-0.2, 0) is 26.6 Å². The van der Waals surface area contributed by atoms with Crippen molar-refractivity contribution in [2.45, 2.75) is 24.3 Å². The summed E-state index contributed by atoms with van der Waals surface area (Å²) in [6, 6.07) is 9.71. The molecule has 28 heavy (non-hydrogen) atoms. The van der Waals surface area contributed by atoms with Crippen LogP contribution < -0.4 is 13.8 Å². The third-order valence-electron chi connectivity index (χ3n) is 4.45. The molecule has 0 saturated carbocycles. The standard InChI is InChI=1S/C18H21FN2O5S2/c1-26-17-9-8-16(21-10-2-3-11-27(21,22)23)12-18(17)28(24,25)20-13-14-4-6-15(19)7-5-14/h4-9,12,20H,2-3,10-11,13H2,1H3. The molecule has 0 bridgehead atoms. The quantitative estimate of drug-likeness (QED) is 0.762. The molecule has 0 aromatic heterocycles. The van der Waals surface area contributed by atoms with E-state index in [-0.39, 0.29) is 28.6 Å². The van der Waals surface area contributed by atoms with E-state index in [1.165, 1.54) is 53.9 Å². The van der Waals surface area contributed by atoms with Crippen LogP contribution >= 0.6 is 0 Å². The maximum Gasteiger partial charge on any atom is 0.244 e. The van der Waals surface area contributed by atoms with E-state index in [2.05, 4.69) is 4.72 Å². The normalized spacial score (nSPS) is 16.7. The van der Waals surface area contributed by atoms with Gasteiger partial charge >= 0.3 is 0 Å². The van der Waals surface area contributed by atoms with E-state index in [0.29, 0.717) is 24.9 Å². The lowest BCUT2D eigenvalue weighted by Gasteiger charge is -2.28. The summed E-state index contributed by atoms with van der Waals surface area (Å²) in [5.41, 5.74) is 0.862. The van der Waals surface area contributed by atoms with Crippen molar-refractivity contribution in [3.05, 3.63) is 53.8 Å². The first-order valence-corrected chi connectivity index (χ1v) is 11.7. The third kappa shape index (κ3) is 4.45. The van der Waals surface area contributed by atoms with Crippen LogP contribution in [0.3, 0.4) is 0 Å². The minimum absolute atomic E-state index is 0.0317. The molecular formula is C18H21FN2O5S2. The Morgan fingerprint density at radius 2 is 1.86 bits per heavy atom. The second kappa shape index (κ2) is 8.06. The molecule has 1 aliphatic heterocycles. The van der Waals surface area contributed by atoms with Crippen LogP contribution in [0.25, 0.3) is 0 Å². The Morgan fingerprint density at radius 3 is 2.50 bits per heavy atom. The smallest absolute Gasteiger partial charge is 0.244 e. The SMILES string of the molecule is COc1ccc(N2CCCCS2(=O)=O)cc1S(=O)(=O)NCc1ccc(F)cc1. The number of ether oxygens (including phenoxy) is 1. The van der Waals surface area contributed by atoms with Crippen molar-refractivity contribution in [3.63, 3.8) is 0 Å². The van der Waals surface area contributed by atoms with Gasteiger partial charge in [-0.15, -0.1) is 0 Å². The predicted molar refractivity (Wildman–Crippen MR) is 104 cm³/mol. The molecule has 0 atom stereocenters. The molecule has 1 aliphatic rings. The zero-order valence-electron chi connectivity index (χ0n) is 15.3. The second-order valence-corrected chi connectivity index (χ2v) is 10.1. The Balaban J connectivity index is 1.91. The summed E-state index contributed by atoms with van der Waals surface area (Å²) in [7, 11) is -6.14. The fourth-order valence-electron chi connectivity index (χ4n) is 2.97. The van der Waals surface area contributed by atoms with Gasteiger partial charge in [0.1, 0.15) is 16.5 Å². The van der Waals surface area contributed by atoms with Crippen molar-refractivity contribution >= 4 is 25.7 Å². The van der Waals surface area contributed by atoms with E-state index in [4.69, 9.17) is 4.74 Å². The lowest BCUT2D eigenvalue weighted by molar-refractivity contribution is 0.402. The van der Waals surface area contributed by atoms with Gasteiger partial charge in [-0.05, 0) is 48.7 Å². The number of rotatable bonds is 6. The van der Waals surface area contributed by atoms with Gasteiger partial charge in [0.2, 0.25) is 20.0 Å². The largest absolute Gasteiger partial charge is 0.495 e. The average molecular weight is 429 g/mol. The second-order valence-electron chi connectivity index (χ2n) is 6.38. The minimum atomic E-state index is -4.00. The monoisotopic (exact) mass is 428 g/mol. The number of sulfonamides is 2. The van der Waals surface area contributed by atoms with E-state index in [1.54, 1.807) is 0 Å². The molecule has 1 fully saturated rings. The van der Waals surface area contributed by atoms with Gasteiger partial charge in [-0.2, -0.15) is 0 Å². The molecule has 0 amide bonds. The van der Waals surface area contributed by atoms with Gasteiger partial charge in [0.15, 0.2) is 0 Å². The summed E-state index contributed by atoms with van der Waals surface area (Å²) >= 11 is 0. The summed E-state index contributed by atoms with van der Waals surface area (Å²) in [5.74, 6) is -0.280. The number of anilines is 1. The molecule has 1 N–H and O–H groups in total. The molecule has 2 aromatic rings. The Morgan fingerprint density at radius 1 is 1.14 bits per heavy atom. The van der Waals surface area contributed by atoms with Crippen LogP contribution in [0.5, 0.6) is 5.75 Å². The van der Waals surface area contributed by atoms with Crippen molar-refractivity contribution in [3.8, 4) is 5.75 Å². The number of nitrogens with zero attached hydrogens (tertiary/aromatic N) is 1. The molecule has 152 valence electrons. The van der Waals surface area contributed by atoms with Crippen molar-refractivity contribution < 1.29 is 26.0 Å². The fraction of sp³-hybridized carbons (Fsp3) is 0.333. The van der Waals surface area contributed by atoms with Crippen molar-refractivity contribution in [2.75, 3.05) is 23.7 Å². The lowest BCUT2D eigenvalue weighted by Crippen LogP contribution is -2.38. The minimum Gasteiger partial charge on any atom is -0.495 e. The molecule has 7 nitrogen and oxygen atoms in total. The van der Waals surface area contributed by atoms with E-state index in [9.17, 15) is 21.2 Å². The summed E-state index contributed by atoms with van der Waals surface area (Å²) in [5, 5.41) is 0. The first-order valence-electron chi connectivity index (χ1n) is 8.65. The van der Waals surface area contributed by atoms with Gasteiger partial charge in [-0.3, -0.25) is 4.31 Å². The highest BCUT2D eigenvalue weighted by Gasteiger charge is 2.28. The Bertz CT molecular complexity index is 1050. The number of methoxy groups -OCH3 is 1. The lowest BCUT2D eigenvalue weighted by atomic mass is 10.2. The van der Waals surface area contributed by atoms with E-state index in [1.807, 2.05) is 0 Å². The zero-order valence-corrected chi connectivity index (χ0v) is 16.9. The Hall–Kier alpha value is -2.17. The van der Waals surface area contributed by atoms with Crippen LogP contribution in [0.15, 0.2) is 47.4 Å². The highest BCUT2D eigenvalue weighted by molar-refractivity contribution is 7.92. The van der Waals surface area contributed by atoms with E-state index >= 15 is 0 Å². The molecule has 1 saturated heterocycles. The van der Waals surface area contributed by atoms with Crippen LogP contribution in [0.4, 0.5) is 10.1 Å². The van der Waals surface area contributed by atoms with Gasteiger partial charge in [0.05, 0.1) is 18.6 Å². The molecule has 1 heterocycles. The van der Waals surface area contributed by atoms with Gasteiger partial charge in [-0.25, -0.2) is 25.9 Å². The number of halogens is 1. The molecule has 3 rings (SSSR count). The molecule has 10 heteroatoms. The maximum absolute atomic E-state index is 13.0. The summed E-state index contributed by atoms with van der Waals surface area (Å²) < 4.78 is 72.1. The predicted octanol–water partition coefficient (Wildman–Crippen LogP) is 2.24. The Kier molecular flexibility index (Phi) is 5.92. The summed E-state index contributed by atoms with van der Waals surface area (Å²) in [6.45, 7) is 0.259. The van der Waals surface area contributed by atoms with Crippen LogP contribution in [-0.4, -0.2) is 36.2 Å². The topological polar surface area (TPSA) is 92.8 Å². The van der Waals surface area contributed by atoms with Gasteiger partial charge in [-0.1, -0.05) is 12.1 Å². The molecule has 0 aliphatic carbocycles. The van der Waals surface area contributed by atoms with Crippen LogP contribution in [0, 0.1) is 5.82 Å². The van der Waals surface area contributed by atoms with Crippen molar-refractivity contribution in [1.82, 2.24) is 4.72 Å². The molecule has 2 aromatic carbocycles. The van der Waals surface area contributed by atoms with Crippen molar-refractivity contribution in [2.24, 2.45) is 0 Å². The van der Waals surface area contributed by atoms with Gasteiger partial charge < -0.3 is 4.74 Å². The van der Waals surface area contributed by atoms with E-state index < -0.39 is 25.9 Å². The highest BCUT2D eigenvalue weighted by Crippen LogP contribution is 2.31. The van der Waals surface area contributed by atoms with Gasteiger partial charge in [0, 0.05) is 13.1 Å². The first kappa shape index (κ1) is 20.6. The van der Waals surface area contributed by atoms with Crippen molar-refractivity contribution in [1.29, 1.82) is 0 Å². The number of benzene rings is 2. The zero-order chi connectivity index (χ0) is 20.4.